The minimum atomic E-state index is -0.370. The Morgan fingerprint density at radius 2 is 2.16 bits per heavy atom. The smallest absolute Gasteiger partial charge is 0.269 e. The second-order valence-corrected chi connectivity index (χ2v) is 5.94. The van der Waals surface area contributed by atoms with Gasteiger partial charge in [-0.2, -0.15) is 11.8 Å². The lowest BCUT2D eigenvalue weighted by atomic mass is 10.1. The summed E-state index contributed by atoms with van der Waals surface area (Å²) in [7, 11) is 0. The third-order valence-corrected chi connectivity index (χ3v) is 4.76. The second kappa shape index (κ2) is 6.77. The van der Waals surface area contributed by atoms with Crippen molar-refractivity contribution in [3.63, 3.8) is 0 Å². The number of hydrogen-bond donors (Lipinski definition) is 2. The number of nitrogens with two attached hydrogens (primary N) is 1. The first-order valence-electron chi connectivity index (χ1n) is 6.52. The molecule has 0 aliphatic heterocycles. The van der Waals surface area contributed by atoms with Crippen LogP contribution in [0.4, 0.5) is 11.4 Å². The third kappa shape index (κ3) is 3.84. The van der Waals surface area contributed by atoms with Crippen molar-refractivity contribution in [3.05, 3.63) is 33.9 Å². The van der Waals surface area contributed by atoms with Crippen molar-refractivity contribution >= 4 is 23.1 Å². The summed E-state index contributed by atoms with van der Waals surface area (Å²) >= 11 is 1.84. The molecule has 0 saturated heterocycles. The van der Waals surface area contributed by atoms with Crippen molar-refractivity contribution in [1.82, 2.24) is 0 Å². The molecule has 0 unspecified atom stereocenters. The Morgan fingerprint density at radius 3 is 2.79 bits per heavy atom. The first kappa shape index (κ1) is 14.1. The summed E-state index contributed by atoms with van der Waals surface area (Å²) in [6, 6.07) is 4.75. The monoisotopic (exact) mass is 281 g/mol. The van der Waals surface area contributed by atoms with E-state index >= 15 is 0 Å². The van der Waals surface area contributed by atoms with Crippen molar-refractivity contribution in [2.24, 2.45) is 11.8 Å². The van der Waals surface area contributed by atoms with Gasteiger partial charge in [-0.3, -0.25) is 16.0 Å². The van der Waals surface area contributed by atoms with Gasteiger partial charge in [-0.1, -0.05) is 12.8 Å². The van der Waals surface area contributed by atoms with E-state index < -0.39 is 0 Å². The van der Waals surface area contributed by atoms with E-state index in [2.05, 4.69) is 5.43 Å². The fourth-order valence-corrected chi connectivity index (χ4v) is 3.71. The molecule has 0 radical (unpaired) electrons. The molecule has 19 heavy (non-hydrogen) atoms. The number of nitro benzene ring substituents is 1. The van der Waals surface area contributed by atoms with Gasteiger partial charge in [-0.25, -0.2) is 0 Å². The van der Waals surface area contributed by atoms with E-state index in [9.17, 15) is 10.1 Å². The highest BCUT2D eigenvalue weighted by atomic mass is 32.2. The quantitative estimate of drug-likeness (QED) is 0.475. The molecule has 1 saturated carbocycles. The van der Waals surface area contributed by atoms with Gasteiger partial charge >= 0.3 is 0 Å². The molecule has 2 rings (SSSR count). The van der Waals surface area contributed by atoms with E-state index in [0.717, 1.165) is 28.7 Å². The van der Waals surface area contributed by atoms with Crippen molar-refractivity contribution in [2.75, 3.05) is 11.2 Å². The van der Waals surface area contributed by atoms with Crippen molar-refractivity contribution in [2.45, 2.75) is 31.4 Å². The maximum atomic E-state index is 10.8. The van der Waals surface area contributed by atoms with Crippen LogP contribution in [0.3, 0.4) is 0 Å². The van der Waals surface area contributed by atoms with E-state index in [4.69, 9.17) is 5.84 Å². The van der Waals surface area contributed by atoms with Crippen LogP contribution in [-0.4, -0.2) is 10.7 Å². The number of nitrogens with zero attached hydrogens (tertiary/aromatic N) is 1. The van der Waals surface area contributed by atoms with Gasteiger partial charge in [0.1, 0.15) is 0 Å². The number of nitrogen functional groups attached to an aromatic ring is 1. The Balaban J connectivity index is 1.96. The topological polar surface area (TPSA) is 81.2 Å². The number of rotatable bonds is 6. The molecule has 3 N–H and O–H groups in total. The van der Waals surface area contributed by atoms with Gasteiger partial charge in [-0.05, 0) is 36.1 Å². The number of hydrazine groups is 1. The number of non-ortho nitro benzene ring substituents is 1. The number of nitro groups is 1. The van der Waals surface area contributed by atoms with Gasteiger partial charge in [0.2, 0.25) is 0 Å². The van der Waals surface area contributed by atoms with Crippen LogP contribution < -0.4 is 11.3 Å². The number of anilines is 1. The predicted octanol–water partition coefficient (Wildman–Crippen LogP) is 3.30. The SMILES string of the molecule is NNc1ccc([N+](=O)[O-])cc1CSCC1CCCC1. The molecule has 1 aromatic rings. The van der Waals surface area contributed by atoms with Gasteiger partial charge in [-0.15, -0.1) is 0 Å². The molecule has 0 amide bonds. The second-order valence-electron chi connectivity index (χ2n) is 4.91. The zero-order valence-electron chi connectivity index (χ0n) is 10.8. The van der Waals surface area contributed by atoms with Crippen LogP contribution in [0.2, 0.25) is 0 Å². The van der Waals surface area contributed by atoms with Crippen molar-refractivity contribution in [3.8, 4) is 0 Å². The number of nitrogens with one attached hydrogen (secondary N) is 1. The van der Waals surface area contributed by atoms with Crippen LogP contribution in [0.25, 0.3) is 0 Å². The van der Waals surface area contributed by atoms with Crippen molar-refractivity contribution in [1.29, 1.82) is 0 Å². The molecule has 1 aromatic carbocycles. The maximum absolute atomic E-state index is 10.8. The maximum Gasteiger partial charge on any atom is 0.269 e. The average Bonchev–Trinajstić information content (AvgIpc) is 2.91. The molecule has 0 heterocycles. The molecule has 1 aliphatic rings. The van der Waals surface area contributed by atoms with E-state index in [0.29, 0.717) is 0 Å². The molecular weight excluding hydrogens is 262 g/mol. The highest BCUT2D eigenvalue weighted by molar-refractivity contribution is 7.98. The zero-order chi connectivity index (χ0) is 13.7. The summed E-state index contributed by atoms with van der Waals surface area (Å²) in [6.45, 7) is 0. The predicted molar refractivity (Wildman–Crippen MR) is 79.0 cm³/mol. The number of hydrogen-bond acceptors (Lipinski definition) is 5. The Hall–Kier alpha value is -1.27. The van der Waals surface area contributed by atoms with Crippen LogP contribution in [-0.2, 0) is 5.75 Å². The lowest BCUT2D eigenvalue weighted by molar-refractivity contribution is -0.384. The molecule has 0 spiro atoms. The molecule has 1 fully saturated rings. The molecule has 0 bridgehead atoms. The Morgan fingerprint density at radius 1 is 1.42 bits per heavy atom. The van der Waals surface area contributed by atoms with Gasteiger partial charge in [0.25, 0.3) is 5.69 Å². The van der Waals surface area contributed by atoms with Gasteiger partial charge in [0.15, 0.2) is 0 Å². The fourth-order valence-electron chi connectivity index (χ4n) is 2.47. The number of benzene rings is 1. The Labute approximate surface area is 117 Å². The van der Waals surface area contributed by atoms with Crippen LogP contribution in [0.1, 0.15) is 31.2 Å². The minimum absolute atomic E-state index is 0.121. The lowest BCUT2D eigenvalue weighted by Gasteiger charge is -2.11. The normalized spacial score (nSPS) is 15.6. The first-order valence-corrected chi connectivity index (χ1v) is 7.68. The molecule has 104 valence electrons. The van der Waals surface area contributed by atoms with Gasteiger partial charge in [0.05, 0.1) is 10.6 Å². The molecular formula is C13H19N3O2S. The van der Waals surface area contributed by atoms with Crippen LogP contribution in [0.5, 0.6) is 0 Å². The number of thioether (sulfide) groups is 1. The van der Waals surface area contributed by atoms with Crippen LogP contribution >= 0.6 is 11.8 Å². The van der Waals surface area contributed by atoms with E-state index in [1.54, 1.807) is 12.1 Å². The third-order valence-electron chi connectivity index (χ3n) is 3.54. The van der Waals surface area contributed by atoms with E-state index in [1.165, 1.54) is 31.7 Å². The summed E-state index contributed by atoms with van der Waals surface area (Å²) in [5.41, 5.74) is 4.40. The van der Waals surface area contributed by atoms with E-state index in [1.807, 2.05) is 11.8 Å². The molecule has 1 aliphatic carbocycles. The highest BCUT2D eigenvalue weighted by Crippen LogP contribution is 2.31. The van der Waals surface area contributed by atoms with E-state index in [-0.39, 0.29) is 10.6 Å². The summed E-state index contributed by atoms with van der Waals surface area (Å²) in [5, 5.41) is 10.8. The fraction of sp³-hybridized carbons (Fsp3) is 0.538. The van der Waals surface area contributed by atoms with Crippen LogP contribution in [0.15, 0.2) is 18.2 Å². The summed E-state index contributed by atoms with van der Waals surface area (Å²) in [4.78, 5) is 10.4. The largest absolute Gasteiger partial charge is 0.324 e. The summed E-state index contributed by atoms with van der Waals surface area (Å²) in [5.74, 6) is 8.15. The van der Waals surface area contributed by atoms with Gasteiger partial charge < -0.3 is 5.43 Å². The molecule has 6 heteroatoms. The van der Waals surface area contributed by atoms with Crippen molar-refractivity contribution < 1.29 is 4.92 Å². The Bertz CT molecular complexity index is 448. The standard InChI is InChI=1S/C13H19N3O2S/c14-15-13-6-5-12(16(17)18)7-11(13)9-19-8-10-3-1-2-4-10/h5-7,10,15H,1-4,8-9,14H2. The highest BCUT2D eigenvalue weighted by Gasteiger charge is 2.15. The summed E-state index contributed by atoms with van der Waals surface area (Å²) in [6.07, 6.45) is 5.34. The molecule has 0 aromatic heterocycles. The molecule has 5 nitrogen and oxygen atoms in total. The lowest BCUT2D eigenvalue weighted by Crippen LogP contribution is -2.09. The van der Waals surface area contributed by atoms with Gasteiger partial charge in [0, 0.05) is 17.9 Å². The first-order chi connectivity index (χ1) is 9.20. The molecule has 0 atom stereocenters. The zero-order valence-corrected chi connectivity index (χ0v) is 11.6. The Kier molecular flexibility index (Phi) is 5.04. The minimum Gasteiger partial charge on any atom is -0.324 e. The summed E-state index contributed by atoms with van der Waals surface area (Å²) < 4.78 is 0. The van der Waals surface area contributed by atoms with Crippen LogP contribution in [0, 0.1) is 16.0 Å². The average molecular weight is 281 g/mol.